The zero-order valence-corrected chi connectivity index (χ0v) is 18.1. The van der Waals surface area contributed by atoms with Crippen LogP contribution in [0.2, 0.25) is 0 Å². The Morgan fingerprint density at radius 3 is 2.45 bits per heavy atom. The molecule has 1 aromatic carbocycles. The Kier molecular flexibility index (Phi) is 6.11. The normalized spacial score (nSPS) is 13.6. The molecule has 1 aliphatic heterocycles. The lowest BCUT2D eigenvalue weighted by Crippen LogP contribution is -2.31. The van der Waals surface area contributed by atoms with Crippen molar-refractivity contribution in [3.63, 3.8) is 0 Å². The summed E-state index contributed by atoms with van der Waals surface area (Å²) in [6.45, 7) is 3.64. The Morgan fingerprint density at radius 1 is 1.06 bits per heavy atom. The summed E-state index contributed by atoms with van der Waals surface area (Å²) in [6.07, 6.45) is 4.83. The molecule has 0 spiro atoms. The number of pyridine rings is 1. The number of nitrogens with two attached hydrogens (primary N) is 1. The number of aryl methyl sites for hydroxylation is 1. The van der Waals surface area contributed by atoms with Crippen LogP contribution in [0.1, 0.15) is 41.6 Å². The second kappa shape index (κ2) is 9.11. The Bertz CT molecular complexity index is 1170. The van der Waals surface area contributed by atoms with Crippen LogP contribution in [-0.2, 0) is 5.75 Å². The van der Waals surface area contributed by atoms with Gasteiger partial charge in [0.2, 0.25) is 5.89 Å². The van der Waals surface area contributed by atoms with E-state index in [-0.39, 0.29) is 11.4 Å². The number of oxazole rings is 1. The van der Waals surface area contributed by atoms with Crippen LogP contribution in [0, 0.1) is 29.6 Å². The van der Waals surface area contributed by atoms with Crippen LogP contribution in [0.25, 0.3) is 11.5 Å². The molecule has 0 bridgehead atoms. The second-order valence-electron chi connectivity index (χ2n) is 7.47. The molecule has 1 aliphatic rings. The van der Waals surface area contributed by atoms with E-state index in [0.29, 0.717) is 27.9 Å². The number of hydrogen-bond acceptors (Lipinski definition) is 8. The van der Waals surface area contributed by atoms with Gasteiger partial charge in [-0.15, -0.1) is 0 Å². The smallest absolute Gasteiger partial charge is 0.226 e. The third-order valence-corrected chi connectivity index (χ3v) is 6.28. The van der Waals surface area contributed by atoms with Crippen LogP contribution in [0.3, 0.4) is 0 Å². The second-order valence-corrected chi connectivity index (χ2v) is 8.43. The van der Waals surface area contributed by atoms with E-state index in [9.17, 15) is 10.5 Å². The van der Waals surface area contributed by atoms with Gasteiger partial charge in [-0.1, -0.05) is 29.5 Å². The minimum Gasteiger partial charge on any atom is -0.444 e. The summed E-state index contributed by atoms with van der Waals surface area (Å²) < 4.78 is 5.63. The lowest BCUT2D eigenvalue weighted by atomic mass is 10.1. The Labute approximate surface area is 185 Å². The fraction of sp³-hybridized carbons (Fsp3) is 0.304. The van der Waals surface area contributed by atoms with Crippen molar-refractivity contribution in [1.29, 1.82) is 10.5 Å². The zero-order chi connectivity index (χ0) is 21.8. The maximum atomic E-state index is 9.90. The van der Waals surface area contributed by atoms with Gasteiger partial charge in [-0.25, -0.2) is 9.97 Å². The summed E-state index contributed by atoms with van der Waals surface area (Å²) in [5, 5.41) is 20.1. The fourth-order valence-corrected chi connectivity index (χ4v) is 4.53. The first-order chi connectivity index (χ1) is 15.1. The molecular formula is C23H22N6OS. The minimum atomic E-state index is 0.157. The summed E-state index contributed by atoms with van der Waals surface area (Å²) in [7, 11) is 0. The molecular weight excluding hydrogens is 408 g/mol. The first-order valence-electron chi connectivity index (χ1n) is 10.1. The number of nitriles is 2. The van der Waals surface area contributed by atoms with E-state index in [1.54, 1.807) is 6.26 Å². The van der Waals surface area contributed by atoms with E-state index in [2.05, 4.69) is 27.0 Å². The molecule has 7 nitrogen and oxygen atoms in total. The molecule has 1 fully saturated rings. The number of hydrogen-bond donors (Lipinski definition) is 1. The quantitative estimate of drug-likeness (QED) is 0.581. The van der Waals surface area contributed by atoms with E-state index in [1.165, 1.54) is 17.3 Å². The molecule has 0 saturated carbocycles. The van der Waals surface area contributed by atoms with Crippen molar-refractivity contribution in [2.75, 3.05) is 23.7 Å². The van der Waals surface area contributed by atoms with Crippen LogP contribution >= 0.6 is 11.8 Å². The number of thioether (sulfide) groups is 1. The van der Waals surface area contributed by atoms with Gasteiger partial charge in [0.15, 0.2) is 0 Å². The summed E-state index contributed by atoms with van der Waals surface area (Å²) in [4.78, 5) is 11.0. The third-order valence-electron chi connectivity index (χ3n) is 5.27. The molecule has 0 unspecified atom stereocenters. The fourth-order valence-electron chi connectivity index (χ4n) is 3.66. The highest BCUT2D eigenvalue weighted by Crippen LogP contribution is 2.37. The predicted molar refractivity (Wildman–Crippen MR) is 120 cm³/mol. The van der Waals surface area contributed by atoms with Crippen LogP contribution < -0.4 is 10.6 Å². The first kappa shape index (κ1) is 20.8. The van der Waals surface area contributed by atoms with Gasteiger partial charge in [0.05, 0.1) is 11.4 Å². The molecule has 156 valence electrons. The highest BCUT2D eigenvalue weighted by molar-refractivity contribution is 7.98. The van der Waals surface area contributed by atoms with E-state index in [0.717, 1.165) is 43.6 Å². The third kappa shape index (κ3) is 4.35. The van der Waals surface area contributed by atoms with Crippen molar-refractivity contribution in [3.05, 3.63) is 52.9 Å². The summed E-state index contributed by atoms with van der Waals surface area (Å²) in [6, 6.07) is 12.4. The van der Waals surface area contributed by atoms with Gasteiger partial charge in [-0.05, 0) is 38.3 Å². The van der Waals surface area contributed by atoms with Crippen LogP contribution in [-0.4, -0.2) is 23.1 Å². The molecule has 2 aromatic heterocycles. The van der Waals surface area contributed by atoms with Gasteiger partial charge >= 0.3 is 0 Å². The zero-order valence-electron chi connectivity index (χ0n) is 17.3. The van der Waals surface area contributed by atoms with Gasteiger partial charge in [-0.3, -0.25) is 0 Å². The summed E-state index contributed by atoms with van der Waals surface area (Å²) in [5.74, 6) is 1.18. The number of benzene rings is 1. The van der Waals surface area contributed by atoms with Crippen molar-refractivity contribution < 1.29 is 4.42 Å². The molecule has 31 heavy (non-hydrogen) atoms. The van der Waals surface area contributed by atoms with E-state index in [1.807, 2.05) is 31.2 Å². The Hall–Kier alpha value is -3.49. The highest BCUT2D eigenvalue weighted by atomic mass is 32.2. The number of nitrogen functional groups attached to an aromatic ring is 1. The standard InChI is InChI=1S/C23H22N6OS/c1-15-5-7-16(8-6-15)22-27-17(13-30-22)14-31-23-19(12-25)20(18(11-24)21(26)28-23)29-9-3-2-4-10-29/h5-8,13H,2-4,9-10,14H2,1H3,(H2,26,28). The topological polar surface area (TPSA) is 116 Å². The molecule has 1 saturated heterocycles. The van der Waals surface area contributed by atoms with Crippen LogP contribution in [0.4, 0.5) is 11.5 Å². The molecule has 2 N–H and O–H groups in total. The predicted octanol–water partition coefficient (Wildman–Crippen LogP) is 4.65. The average molecular weight is 431 g/mol. The maximum Gasteiger partial charge on any atom is 0.226 e. The number of rotatable bonds is 5. The minimum absolute atomic E-state index is 0.157. The van der Waals surface area contributed by atoms with Crippen LogP contribution in [0.15, 0.2) is 40.0 Å². The average Bonchev–Trinajstić information content (AvgIpc) is 3.27. The first-order valence-corrected chi connectivity index (χ1v) is 11.1. The van der Waals surface area contributed by atoms with Crippen molar-refractivity contribution in [2.24, 2.45) is 0 Å². The Balaban J connectivity index is 1.60. The SMILES string of the molecule is Cc1ccc(-c2nc(CSc3nc(N)c(C#N)c(N4CCCCC4)c3C#N)co2)cc1. The van der Waals surface area contributed by atoms with Gasteiger partial charge in [0, 0.05) is 24.4 Å². The van der Waals surface area contributed by atoms with E-state index < -0.39 is 0 Å². The molecule has 0 aliphatic carbocycles. The number of aromatic nitrogens is 2. The van der Waals surface area contributed by atoms with Crippen molar-refractivity contribution in [1.82, 2.24) is 9.97 Å². The van der Waals surface area contributed by atoms with E-state index >= 15 is 0 Å². The molecule has 4 rings (SSSR count). The number of nitrogens with zero attached hydrogens (tertiary/aromatic N) is 5. The van der Waals surface area contributed by atoms with Gasteiger partial charge in [0.1, 0.15) is 40.4 Å². The molecule has 0 radical (unpaired) electrons. The van der Waals surface area contributed by atoms with Crippen molar-refractivity contribution in [2.45, 2.75) is 37.0 Å². The lowest BCUT2D eigenvalue weighted by Gasteiger charge is -2.30. The summed E-state index contributed by atoms with van der Waals surface area (Å²) in [5.41, 5.74) is 10.2. The van der Waals surface area contributed by atoms with Crippen molar-refractivity contribution >= 4 is 23.3 Å². The monoisotopic (exact) mass is 430 g/mol. The van der Waals surface area contributed by atoms with Gasteiger partial charge in [-0.2, -0.15) is 10.5 Å². The summed E-state index contributed by atoms with van der Waals surface area (Å²) >= 11 is 1.38. The molecule has 8 heteroatoms. The largest absolute Gasteiger partial charge is 0.444 e. The van der Waals surface area contributed by atoms with Crippen LogP contribution in [0.5, 0.6) is 0 Å². The maximum absolute atomic E-state index is 9.90. The molecule has 0 amide bonds. The van der Waals surface area contributed by atoms with Gasteiger partial charge < -0.3 is 15.1 Å². The molecule has 0 atom stereocenters. The number of piperidine rings is 1. The lowest BCUT2D eigenvalue weighted by molar-refractivity contribution is 0.573. The van der Waals surface area contributed by atoms with Gasteiger partial charge in [0.25, 0.3) is 0 Å². The molecule has 3 aromatic rings. The number of anilines is 2. The van der Waals surface area contributed by atoms with Crippen molar-refractivity contribution in [3.8, 4) is 23.6 Å². The molecule has 3 heterocycles. The highest BCUT2D eigenvalue weighted by Gasteiger charge is 2.25. The Morgan fingerprint density at radius 2 is 1.77 bits per heavy atom. The van der Waals surface area contributed by atoms with E-state index in [4.69, 9.17) is 10.2 Å².